The molecule has 176 valence electrons. The molecule has 10 nitrogen and oxygen atoms in total. The highest BCUT2D eigenvalue weighted by atomic mass is 35.5. The van der Waals surface area contributed by atoms with E-state index in [2.05, 4.69) is 19.9 Å². The van der Waals surface area contributed by atoms with Crippen LogP contribution in [0, 0.1) is 13.8 Å². The first-order chi connectivity index (χ1) is 16.3. The third-order valence-electron chi connectivity index (χ3n) is 4.59. The highest BCUT2D eigenvalue weighted by molar-refractivity contribution is 6.30. The van der Waals surface area contributed by atoms with Crippen molar-refractivity contribution in [3.8, 4) is 34.8 Å². The van der Waals surface area contributed by atoms with E-state index in [0.717, 1.165) is 17.5 Å². The van der Waals surface area contributed by atoms with Crippen molar-refractivity contribution < 1.29 is 28.5 Å². The molecule has 0 aliphatic carbocycles. The van der Waals surface area contributed by atoms with Gasteiger partial charge in [-0.2, -0.15) is 9.97 Å². The molecule has 0 unspecified atom stereocenters. The van der Waals surface area contributed by atoms with Gasteiger partial charge in [0, 0.05) is 17.8 Å². The van der Waals surface area contributed by atoms with Crippen LogP contribution in [0.15, 0.2) is 35.0 Å². The van der Waals surface area contributed by atoms with E-state index in [-0.39, 0.29) is 17.6 Å². The van der Waals surface area contributed by atoms with Crippen LogP contribution in [0.5, 0.6) is 23.4 Å². The van der Waals surface area contributed by atoms with Gasteiger partial charge < -0.3 is 23.7 Å². The summed E-state index contributed by atoms with van der Waals surface area (Å²) in [6.45, 7) is 5.60. The Labute approximate surface area is 199 Å². The number of fused-ring (bicyclic) bond motifs is 1. The number of hydrogen-bond donors (Lipinski definition) is 1. The second-order valence-corrected chi connectivity index (χ2v) is 7.83. The van der Waals surface area contributed by atoms with Crippen molar-refractivity contribution in [2.75, 3.05) is 13.2 Å². The molecule has 0 radical (unpaired) electrons. The van der Waals surface area contributed by atoms with E-state index in [1.165, 1.54) is 12.4 Å². The number of nitrogens with zero attached hydrogens (tertiary/aromatic N) is 4. The molecule has 0 atom stereocenters. The Morgan fingerprint density at radius 2 is 1.85 bits per heavy atom. The summed E-state index contributed by atoms with van der Waals surface area (Å²) in [5, 5.41) is 9.30. The summed E-state index contributed by atoms with van der Waals surface area (Å²) in [4.78, 5) is 28.0. The lowest BCUT2D eigenvalue weighted by Crippen LogP contribution is -2.10. The van der Waals surface area contributed by atoms with Crippen LogP contribution in [0.2, 0.25) is 5.02 Å². The van der Waals surface area contributed by atoms with Gasteiger partial charge >= 0.3 is 12.0 Å². The number of ether oxygens (including phenoxy) is 3. The predicted molar refractivity (Wildman–Crippen MR) is 123 cm³/mol. The van der Waals surface area contributed by atoms with E-state index in [1.54, 1.807) is 18.2 Å². The summed E-state index contributed by atoms with van der Waals surface area (Å²) in [5.74, 6) is 0.326. The summed E-state index contributed by atoms with van der Waals surface area (Å²) in [6.07, 6.45) is 3.73. The predicted octanol–water partition coefficient (Wildman–Crippen LogP) is 4.99. The maximum atomic E-state index is 10.9. The standard InChI is InChI=1S/C23H21ClN4O6/c1-4-5-31-21-18-22(28-23(27-21)33-16-8-15(24)9-25-10-16)34-20(26-18)14-6-12(2)19(13(3)7-14)32-11-17(29)30/h6-10H,4-5,11H2,1-3H3,(H,29,30). The number of carboxylic acids is 1. The molecule has 4 aromatic rings. The van der Waals surface area contributed by atoms with E-state index in [9.17, 15) is 4.79 Å². The molecule has 0 aliphatic rings. The van der Waals surface area contributed by atoms with Crippen molar-refractivity contribution in [2.45, 2.75) is 27.2 Å². The molecule has 0 saturated carbocycles. The fraction of sp³-hybridized carbons (Fsp3) is 0.261. The number of aryl methyl sites for hydroxylation is 2. The molecule has 3 aromatic heterocycles. The molecule has 0 spiro atoms. The van der Waals surface area contributed by atoms with E-state index in [4.69, 9.17) is 35.3 Å². The summed E-state index contributed by atoms with van der Waals surface area (Å²) in [5.41, 5.74) is 2.68. The van der Waals surface area contributed by atoms with E-state index in [1.807, 2.05) is 20.8 Å². The SMILES string of the molecule is CCCOc1nc(Oc2cncc(Cl)c2)nc2oc(-c3cc(C)c(OCC(=O)O)c(C)c3)nc12. The van der Waals surface area contributed by atoms with Gasteiger partial charge in [0.15, 0.2) is 17.9 Å². The fourth-order valence-corrected chi connectivity index (χ4v) is 3.40. The Morgan fingerprint density at radius 1 is 1.09 bits per heavy atom. The third-order valence-corrected chi connectivity index (χ3v) is 4.79. The summed E-state index contributed by atoms with van der Waals surface area (Å²) in [7, 11) is 0. The summed E-state index contributed by atoms with van der Waals surface area (Å²) < 4.78 is 22.8. The average Bonchev–Trinajstić information content (AvgIpc) is 3.21. The number of carbonyl (C=O) groups is 1. The number of rotatable bonds is 9. The molecule has 3 heterocycles. The zero-order chi connectivity index (χ0) is 24.2. The Bertz CT molecular complexity index is 1330. The van der Waals surface area contributed by atoms with Crippen molar-refractivity contribution in [2.24, 2.45) is 0 Å². The number of pyridine rings is 1. The highest BCUT2D eigenvalue weighted by Gasteiger charge is 2.20. The highest BCUT2D eigenvalue weighted by Crippen LogP contribution is 2.34. The zero-order valence-corrected chi connectivity index (χ0v) is 19.4. The van der Waals surface area contributed by atoms with Crippen LogP contribution in [0.4, 0.5) is 0 Å². The third kappa shape index (κ3) is 5.18. The zero-order valence-electron chi connectivity index (χ0n) is 18.7. The molecule has 34 heavy (non-hydrogen) atoms. The number of halogens is 1. The van der Waals surface area contributed by atoms with Crippen molar-refractivity contribution >= 4 is 28.8 Å². The molecular weight excluding hydrogens is 464 g/mol. The molecule has 4 rings (SSSR count). The topological polar surface area (TPSA) is 130 Å². The van der Waals surface area contributed by atoms with Gasteiger partial charge in [-0.05, 0) is 43.5 Å². The van der Waals surface area contributed by atoms with Crippen molar-refractivity contribution in [3.63, 3.8) is 0 Å². The second-order valence-electron chi connectivity index (χ2n) is 7.40. The number of benzene rings is 1. The average molecular weight is 485 g/mol. The monoisotopic (exact) mass is 484 g/mol. The lowest BCUT2D eigenvalue weighted by molar-refractivity contribution is -0.139. The van der Waals surface area contributed by atoms with Crippen molar-refractivity contribution in [1.82, 2.24) is 19.9 Å². The second kappa shape index (κ2) is 9.92. The van der Waals surface area contributed by atoms with Gasteiger partial charge in [0.05, 0.1) is 17.8 Å². The molecule has 11 heteroatoms. The van der Waals surface area contributed by atoms with Gasteiger partial charge in [0.2, 0.25) is 5.89 Å². The first-order valence-corrected chi connectivity index (χ1v) is 10.8. The Balaban J connectivity index is 1.72. The molecule has 1 N–H and O–H groups in total. The number of hydrogen-bond acceptors (Lipinski definition) is 9. The number of aromatic nitrogens is 4. The Hall–Kier alpha value is -3.92. The molecule has 1 aromatic carbocycles. The summed E-state index contributed by atoms with van der Waals surface area (Å²) >= 11 is 5.97. The van der Waals surface area contributed by atoms with E-state index in [0.29, 0.717) is 40.1 Å². The molecule has 0 aliphatic heterocycles. The smallest absolute Gasteiger partial charge is 0.341 e. The minimum atomic E-state index is -1.05. The van der Waals surface area contributed by atoms with Crippen LogP contribution < -0.4 is 14.2 Å². The largest absolute Gasteiger partial charge is 0.481 e. The molecule has 0 bridgehead atoms. The first kappa shape index (κ1) is 23.2. The Morgan fingerprint density at radius 3 is 2.53 bits per heavy atom. The van der Waals surface area contributed by atoms with Crippen LogP contribution in [0.3, 0.4) is 0 Å². The minimum absolute atomic E-state index is 0.00449. The number of aliphatic carboxylic acids is 1. The summed E-state index contributed by atoms with van der Waals surface area (Å²) in [6, 6.07) is 5.17. The lowest BCUT2D eigenvalue weighted by atomic mass is 10.1. The fourth-order valence-electron chi connectivity index (χ4n) is 3.24. The van der Waals surface area contributed by atoms with Crippen LogP contribution >= 0.6 is 11.6 Å². The Kier molecular flexibility index (Phi) is 6.78. The van der Waals surface area contributed by atoms with Crippen molar-refractivity contribution in [3.05, 3.63) is 46.7 Å². The lowest BCUT2D eigenvalue weighted by Gasteiger charge is -2.11. The van der Waals surface area contributed by atoms with Crippen LogP contribution in [0.25, 0.3) is 22.7 Å². The normalized spacial score (nSPS) is 10.9. The molecule has 0 fully saturated rings. The van der Waals surface area contributed by atoms with Crippen LogP contribution in [0.1, 0.15) is 24.5 Å². The van der Waals surface area contributed by atoms with Gasteiger partial charge in [0.1, 0.15) is 5.75 Å². The first-order valence-electron chi connectivity index (χ1n) is 10.4. The van der Waals surface area contributed by atoms with Gasteiger partial charge in [-0.25, -0.2) is 9.78 Å². The maximum Gasteiger partial charge on any atom is 0.341 e. The van der Waals surface area contributed by atoms with Crippen LogP contribution in [-0.4, -0.2) is 44.2 Å². The molecule has 0 amide bonds. The number of carboxylic acid groups (broad SMARTS) is 1. The van der Waals surface area contributed by atoms with Gasteiger partial charge in [-0.3, -0.25) is 4.98 Å². The van der Waals surface area contributed by atoms with Crippen molar-refractivity contribution in [1.29, 1.82) is 0 Å². The maximum absolute atomic E-state index is 10.9. The van der Waals surface area contributed by atoms with Gasteiger partial charge in [-0.15, -0.1) is 0 Å². The minimum Gasteiger partial charge on any atom is -0.481 e. The quantitative estimate of drug-likeness (QED) is 0.346. The molecular formula is C23H21ClN4O6. The van der Waals surface area contributed by atoms with E-state index < -0.39 is 12.6 Å². The van der Waals surface area contributed by atoms with Gasteiger partial charge in [0.25, 0.3) is 11.6 Å². The van der Waals surface area contributed by atoms with Crippen LogP contribution in [-0.2, 0) is 4.79 Å². The van der Waals surface area contributed by atoms with Gasteiger partial charge in [-0.1, -0.05) is 18.5 Å². The molecule has 0 saturated heterocycles. The van der Waals surface area contributed by atoms with E-state index >= 15 is 0 Å². The number of oxazole rings is 1.